The van der Waals surface area contributed by atoms with Crippen LogP contribution in [0.25, 0.3) is 0 Å². The summed E-state index contributed by atoms with van der Waals surface area (Å²) in [6, 6.07) is 17.0. The second kappa shape index (κ2) is 5.77. The first-order valence-corrected chi connectivity index (χ1v) is 5.57. The van der Waals surface area contributed by atoms with Crippen LogP contribution in [0.2, 0.25) is 0 Å². The highest BCUT2D eigenvalue weighted by atomic mass is 16.6. The maximum atomic E-state index is 10.8. The summed E-state index contributed by atoms with van der Waals surface area (Å²) in [4.78, 5) is 15.7. The van der Waals surface area contributed by atoms with Crippen LogP contribution in [-0.4, -0.2) is 19.1 Å². The summed E-state index contributed by atoms with van der Waals surface area (Å²) in [5, 5.41) is 4.04. The molecule has 0 aliphatic rings. The Hall–Kier alpha value is -2.42. The maximum Gasteiger partial charge on any atom is 0.150 e. The molecule has 0 aliphatic carbocycles. The van der Waals surface area contributed by atoms with Crippen molar-refractivity contribution in [2.24, 2.45) is 5.16 Å². The van der Waals surface area contributed by atoms with Crippen molar-refractivity contribution in [1.29, 1.82) is 0 Å². The number of carbonyl (C=O) groups excluding carboxylic acids is 1. The van der Waals surface area contributed by atoms with E-state index in [2.05, 4.69) is 5.16 Å². The molecule has 0 fully saturated rings. The fraction of sp³-hybridized carbons (Fsp3) is 0.0667. The molecule has 18 heavy (non-hydrogen) atoms. The summed E-state index contributed by atoms with van der Waals surface area (Å²) in [5.41, 5.74) is 3.13. The number of nitrogens with zero attached hydrogens (tertiary/aromatic N) is 1. The van der Waals surface area contributed by atoms with E-state index >= 15 is 0 Å². The lowest BCUT2D eigenvalue weighted by molar-refractivity contribution is 0.112. The molecular formula is C15H13NO2. The highest BCUT2D eigenvalue weighted by Gasteiger charge is 2.07. The van der Waals surface area contributed by atoms with Crippen LogP contribution in [0.15, 0.2) is 59.8 Å². The zero-order valence-corrected chi connectivity index (χ0v) is 10.0. The van der Waals surface area contributed by atoms with E-state index in [0.717, 1.165) is 17.4 Å². The first kappa shape index (κ1) is 12.0. The normalized spacial score (nSPS) is 11.1. The molecule has 0 saturated carbocycles. The van der Waals surface area contributed by atoms with Gasteiger partial charge in [-0.2, -0.15) is 0 Å². The van der Waals surface area contributed by atoms with Gasteiger partial charge in [0.1, 0.15) is 19.1 Å². The van der Waals surface area contributed by atoms with Gasteiger partial charge in [-0.15, -0.1) is 0 Å². The number of aldehydes is 1. The zero-order chi connectivity index (χ0) is 12.8. The van der Waals surface area contributed by atoms with Gasteiger partial charge in [-0.3, -0.25) is 4.79 Å². The highest BCUT2D eigenvalue weighted by molar-refractivity contribution is 6.13. The molecule has 0 atom stereocenters. The molecule has 0 spiro atoms. The number of hydrogen-bond donors (Lipinski definition) is 0. The summed E-state index contributed by atoms with van der Waals surface area (Å²) < 4.78 is 0. The fourth-order valence-corrected chi connectivity index (χ4v) is 1.72. The van der Waals surface area contributed by atoms with E-state index in [0.29, 0.717) is 11.3 Å². The summed E-state index contributed by atoms with van der Waals surface area (Å²) in [6.45, 7) is 0. The number of carbonyl (C=O) groups is 1. The van der Waals surface area contributed by atoms with Crippen molar-refractivity contribution in [1.82, 2.24) is 0 Å². The Bertz CT molecular complexity index is 562. The van der Waals surface area contributed by atoms with E-state index in [9.17, 15) is 4.79 Å². The van der Waals surface area contributed by atoms with E-state index in [1.54, 1.807) is 12.1 Å². The molecule has 0 heterocycles. The van der Waals surface area contributed by atoms with Gasteiger partial charge < -0.3 is 4.84 Å². The Balaban J connectivity index is 2.48. The minimum absolute atomic E-state index is 0.618. The summed E-state index contributed by atoms with van der Waals surface area (Å²) in [5.74, 6) is 0. The van der Waals surface area contributed by atoms with Gasteiger partial charge in [0.15, 0.2) is 0 Å². The van der Waals surface area contributed by atoms with Crippen molar-refractivity contribution < 1.29 is 9.63 Å². The molecule has 3 heteroatoms. The second-order valence-corrected chi connectivity index (χ2v) is 3.73. The van der Waals surface area contributed by atoms with Crippen molar-refractivity contribution in [2.75, 3.05) is 7.11 Å². The molecule has 2 aromatic rings. The first-order chi connectivity index (χ1) is 8.85. The molecule has 0 amide bonds. The van der Waals surface area contributed by atoms with Crippen LogP contribution in [0.4, 0.5) is 0 Å². The average molecular weight is 239 g/mol. The number of oxime groups is 1. The molecule has 2 aromatic carbocycles. The third-order valence-electron chi connectivity index (χ3n) is 2.53. The molecule has 0 radical (unpaired) electrons. The van der Waals surface area contributed by atoms with Crippen LogP contribution in [0, 0.1) is 0 Å². The van der Waals surface area contributed by atoms with Gasteiger partial charge in [0.25, 0.3) is 0 Å². The average Bonchev–Trinajstić information content (AvgIpc) is 2.46. The lowest BCUT2D eigenvalue weighted by Gasteiger charge is -2.06. The van der Waals surface area contributed by atoms with Crippen molar-refractivity contribution >= 4 is 12.0 Å². The Morgan fingerprint density at radius 3 is 2.44 bits per heavy atom. The van der Waals surface area contributed by atoms with Gasteiger partial charge in [0, 0.05) is 16.7 Å². The van der Waals surface area contributed by atoms with Crippen molar-refractivity contribution in [3.63, 3.8) is 0 Å². The maximum absolute atomic E-state index is 10.8. The number of hydrogen-bond acceptors (Lipinski definition) is 3. The Labute approximate surface area is 106 Å². The van der Waals surface area contributed by atoms with Crippen LogP contribution in [0.1, 0.15) is 21.5 Å². The van der Waals surface area contributed by atoms with Gasteiger partial charge >= 0.3 is 0 Å². The molecule has 2 rings (SSSR count). The number of rotatable bonds is 4. The van der Waals surface area contributed by atoms with Gasteiger partial charge in [-0.05, 0) is 6.07 Å². The van der Waals surface area contributed by atoms with E-state index in [1.165, 1.54) is 7.11 Å². The van der Waals surface area contributed by atoms with Crippen LogP contribution >= 0.6 is 0 Å². The summed E-state index contributed by atoms with van der Waals surface area (Å²) in [7, 11) is 1.51. The molecule has 0 aromatic heterocycles. The smallest absolute Gasteiger partial charge is 0.150 e. The standard InChI is InChI=1S/C15H13NO2/c1-18-16-15(13-7-3-2-4-8-13)14-9-5-6-12(10-14)11-17/h2-11H,1H3/b16-15-. The lowest BCUT2D eigenvalue weighted by Crippen LogP contribution is -2.04. The van der Waals surface area contributed by atoms with Crippen molar-refractivity contribution in [3.8, 4) is 0 Å². The number of benzene rings is 2. The van der Waals surface area contributed by atoms with E-state index in [4.69, 9.17) is 4.84 Å². The van der Waals surface area contributed by atoms with Crippen LogP contribution in [0.3, 0.4) is 0 Å². The van der Waals surface area contributed by atoms with Gasteiger partial charge in [-0.1, -0.05) is 53.7 Å². The van der Waals surface area contributed by atoms with Gasteiger partial charge in [0.05, 0.1) is 0 Å². The predicted molar refractivity (Wildman–Crippen MR) is 70.9 cm³/mol. The quantitative estimate of drug-likeness (QED) is 0.467. The minimum Gasteiger partial charge on any atom is -0.399 e. The Kier molecular flexibility index (Phi) is 3.86. The predicted octanol–water partition coefficient (Wildman–Crippen LogP) is 2.90. The van der Waals surface area contributed by atoms with Crippen LogP contribution in [-0.2, 0) is 4.84 Å². The van der Waals surface area contributed by atoms with Gasteiger partial charge in [0.2, 0.25) is 0 Å². The molecule has 0 saturated heterocycles. The highest BCUT2D eigenvalue weighted by Crippen LogP contribution is 2.12. The summed E-state index contributed by atoms with van der Waals surface area (Å²) >= 11 is 0. The van der Waals surface area contributed by atoms with Crippen molar-refractivity contribution in [3.05, 3.63) is 71.3 Å². The Morgan fingerprint density at radius 1 is 1.06 bits per heavy atom. The molecule has 0 unspecified atom stereocenters. The third kappa shape index (κ3) is 2.63. The van der Waals surface area contributed by atoms with Crippen molar-refractivity contribution in [2.45, 2.75) is 0 Å². The monoisotopic (exact) mass is 239 g/mol. The van der Waals surface area contributed by atoms with Gasteiger partial charge in [-0.25, -0.2) is 0 Å². The van der Waals surface area contributed by atoms with E-state index < -0.39 is 0 Å². The molecule has 3 nitrogen and oxygen atoms in total. The van der Waals surface area contributed by atoms with E-state index in [-0.39, 0.29) is 0 Å². The third-order valence-corrected chi connectivity index (χ3v) is 2.53. The van der Waals surface area contributed by atoms with Crippen LogP contribution in [0.5, 0.6) is 0 Å². The molecule has 0 aliphatic heterocycles. The molecule has 0 bridgehead atoms. The summed E-state index contributed by atoms with van der Waals surface area (Å²) in [6.07, 6.45) is 0.818. The SMILES string of the molecule is CO/N=C(/c1ccccc1)c1cccc(C=O)c1. The lowest BCUT2D eigenvalue weighted by atomic mass is 10.0. The topological polar surface area (TPSA) is 38.7 Å². The minimum atomic E-state index is 0.618. The van der Waals surface area contributed by atoms with E-state index in [1.807, 2.05) is 42.5 Å². The molecular weight excluding hydrogens is 226 g/mol. The van der Waals surface area contributed by atoms with Crippen LogP contribution < -0.4 is 0 Å². The fourth-order valence-electron chi connectivity index (χ4n) is 1.72. The second-order valence-electron chi connectivity index (χ2n) is 3.73. The first-order valence-electron chi connectivity index (χ1n) is 5.57. The zero-order valence-electron chi connectivity index (χ0n) is 10.0. The Morgan fingerprint density at radius 2 is 1.78 bits per heavy atom. The molecule has 0 N–H and O–H groups in total. The molecule has 90 valence electrons. The largest absolute Gasteiger partial charge is 0.399 e.